The highest BCUT2D eigenvalue weighted by Crippen LogP contribution is 2.28. The fourth-order valence-corrected chi connectivity index (χ4v) is 5.32. The van der Waals surface area contributed by atoms with Crippen molar-refractivity contribution in [2.45, 2.75) is 18.7 Å². The largest absolute Gasteiger partial charge is 0.367 e. The Morgan fingerprint density at radius 3 is 2.46 bits per heavy atom. The maximum Gasteiger partial charge on any atom is 0.246 e. The first-order chi connectivity index (χ1) is 12.5. The minimum absolute atomic E-state index is 0.303. The van der Waals surface area contributed by atoms with Crippen LogP contribution < -0.4 is 4.90 Å². The number of H-pyrrole nitrogens is 1. The predicted octanol–water partition coefficient (Wildman–Crippen LogP) is 2.09. The number of piperazine rings is 1. The molecule has 1 aliphatic rings. The lowest BCUT2D eigenvalue weighted by Crippen LogP contribution is -2.48. The van der Waals surface area contributed by atoms with Crippen LogP contribution in [0, 0.1) is 13.8 Å². The zero-order valence-electron chi connectivity index (χ0n) is 14.8. The molecule has 0 unspecified atom stereocenters. The summed E-state index contributed by atoms with van der Waals surface area (Å²) >= 11 is 0. The summed E-state index contributed by atoms with van der Waals surface area (Å²) in [7, 11) is -3.53. The van der Waals surface area contributed by atoms with E-state index in [4.69, 9.17) is 0 Å². The lowest BCUT2D eigenvalue weighted by molar-refractivity contribution is 0.384. The highest BCUT2D eigenvalue weighted by atomic mass is 32.2. The number of rotatable bonds is 3. The van der Waals surface area contributed by atoms with E-state index in [1.807, 2.05) is 30.3 Å². The fourth-order valence-electron chi connectivity index (χ4n) is 3.56. The van der Waals surface area contributed by atoms with E-state index in [-0.39, 0.29) is 0 Å². The standard InChI is InChI=1S/C18H21N5O2S/c1-13-18(14(2)21-20-13)26(24,25)23-11-9-22(10-12-23)16-7-3-5-15-6-4-8-19-17(15)16/h3-8H,9-12H2,1-2H3,(H,20,21). The molecular weight excluding hydrogens is 350 g/mol. The Kier molecular flexibility index (Phi) is 4.16. The number of aryl methyl sites for hydroxylation is 2. The van der Waals surface area contributed by atoms with Gasteiger partial charge in [0, 0.05) is 37.8 Å². The Hall–Kier alpha value is -2.45. The van der Waals surface area contributed by atoms with Gasteiger partial charge in [-0.1, -0.05) is 18.2 Å². The first-order valence-corrected chi connectivity index (χ1v) is 10.0. The van der Waals surface area contributed by atoms with Gasteiger partial charge >= 0.3 is 0 Å². The summed E-state index contributed by atoms with van der Waals surface area (Å²) in [6.07, 6.45) is 1.79. The van der Waals surface area contributed by atoms with Gasteiger partial charge in [0.25, 0.3) is 0 Å². The van der Waals surface area contributed by atoms with Gasteiger partial charge in [0.2, 0.25) is 10.0 Å². The Labute approximate surface area is 152 Å². The molecule has 3 heterocycles. The number of hydrogen-bond donors (Lipinski definition) is 1. The predicted molar refractivity (Wildman–Crippen MR) is 101 cm³/mol. The van der Waals surface area contributed by atoms with E-state index in [2.05, 4.69) is 20.1 Å². The molecule has 7 nitrogen and oxygen atoms in total. The second-order valence-electron chi connectivity index (χ2n) is 6.51. The van der Waals surface area contributed by atoms with Crippen molar-refractivity contribution in [1.82, 2.24) is 19.5 Å². The summed E-state index contributed by atoms with van der Waals surface area (Å²) in [5.74, 6) is 0. The molecule has 0 atom stereocenters. The van der Waals surface area contributed by atoms with Crippen LogP contribution in [0.5, 0.6) is 0 Å². The van der Waals surface area contributed by atoms with E-state index in [1.165, 1.54) is 0 Å². The number of aromatic nitrogens is 3. The van der Waals surface area contributed by atoms with Gasteiger partial charge in [0.15, 0.2) is 0 Å². The van der Waals surface area contributed by atoms with Crippen LogP contribution >= 0.6 is 0 Å². The Balaban J connectivity index is 1.58. The van der Waals surface area contributed by atoms with Crippen LogP contribution in [-0.4, -0.2) is 54.1 Å². The molecule has 0 bridgehead atoms. The van der Waals surface area contributed by atoms with Crippen LogP contribution in [0.2, 0.25) is 0 Å². The molecule has 8 heteroatoms. The normalized spacial score (nSPS) is 16.3. The van der Waals surface area contributed by atoms with Crippen molar-refractivity contribution in [2.24, 2.45) is 0 Å². The van der Waals surface area contributed by atoms with Crippen LogP contribution in [0.3, 0.4) is 0 Å². The Morgan fingerprint density at radius 1 is 1.04 bits per heavy atom. The first kappa shape index (κ1) is 17.0. The number of anilines is 1. The molecule has 26 heavy (non-hydrogen) atoms. The Bertz CT molecular complexity index is 1030. The van der Waals surface area contributed by atoms with Crippen LogP contribution in [-0.2, 0) is 10.0 Å². The average molecular weight is 371 g/mol. The van der Waals surface area contributed by atoms with E-state index in [1.54, 1.807) is 24.3 Å². The lowest BCUT2D eigenvalue weighted by Gasteiger charge is -2.35. The SMILES string of the molecule is Cc1n[nH]c(C)c1S(=O)(=O)N1CCN(c2cccc3cccnc23)CC1. The smallest absolute Gasteiger partial charge is 0.246 e. The monoisotopic (exact) mass is 371 g/mol. The summed E-state index contributed by atoms with van der Waals surface area (Å²) < 4.78 is 27.5. The zero-order chi connectivity index (χ0) is 18.3. The quantitative estimate of drug-likeness (QED) is 0.762. The third-order valence-corrected chi connectivity index (χ3v) is 7.01. The number of sulfonamides is 1. The van der Waals surface area contributed by atoms with Crippen LogP contribution in [0.4, 0.5) is 5.69 Å². The molecule has 1 N–H and O–H groups in total. The van der Waals surface area contributed by atoms with Crippen molar-refractivity contribution in [2.75, 3.05) is 31.1 Å². The average Bonchev–Trinajstić information content (AvgIpc) is 3.00. The van der Waals surface area contributed by atoms with E-state index in [0.717, 1.165) is 16.6 Å². The van der Waals surface area contributed by atoms with E-state index < -0.39 is 10.0 Å². The molecule has 0 saturated carbocycles. The summed E-state index contributed by atoms with van der Waals surface area (Å²) in [5.41, 5.74) is 3.11. The number of hydrogen-bond acceptors (Lipinski definition) is 5. The van der Waals surface area contributed by atoms with Crippen molar-refractivity contribution in [3.05, 3.63) is 47.9 Å². The van der Waals surface area contributed by atoms with Gasteiger partial charge < -0.3 is 4.90 Å². The van der Waals surface area contributed by atoms with Crippen LogP contribution in [0.1, 0.15) is 11.4 Å². The molecule has 1 aliphatic heterocycles. The molecule has 0 amide bonds. The highest BCUT2D eigenvalue weighted by Gasteiger charge is 2.32. The topological polar surface area (TPSA) is 82.2 Å². The zero-order valence-corrected chi connectivity index (χ0v) is 15.6. The first-order valence-electron chi connectivity index (χ1n) is 8.59. The summed E-state index contributed by atoms with van der Waals surface area (Å²) in [6.45, 7) is 5.60. The molecule has 136 valence electrons. The van der Waals surface area contributed by atoms with E-state index in [9.17, 15) is 8.42 Å². The second kappa shape index (κ2) is 6.37. The number of para-hydroxylation sites is 1. The minimum atomic E-state index is -3.53. The number of pyridine rings is 1. The van der Waals surface area contributed by atoms with Gasteiger partial charge in [-0.3, -0.25) is 10.1 Å². The van der Waals surface area contributed by atoms with Gasteiger partial charge in [0.1, 0.15) is 4.90 Å². The fraction of sp³-hybridized carbons (Fsp3) is 0.333. The maximum absolute atomic E-state index is 13.0. The van der Waals surface area contributed by atoms with Gasteiger partial charge in [-0.05, 0) is 26.0 Å². The number of fused-ring (bicyclic) bond motifs is 1. The van der Waals surface area contributed by atoms with Crippen molar-refractivity contribution in [1.29, 1.82) is 0 Å². The molecule has 1 saturated heterocycles. The molecule has 0 spiro atoms. The van der Waals surface area contributed by atoms with Crippen LogP contribution in [0.25, 0.3) is 10.9 Å². The molecule has 0 radical (unpaired) electrons. The molecular formula is C18H21N5O2S. The van der Waals surface area contributed by atoms with E-state index in [0.29, 0.717) is 42.5 Å². The molecule has 3 aromatic rings. The third kappa shape index (κ3) is 2.75. The lowest BCUT2D eigenvalue weighted by atomic mass is 10.1. The molecule has 4 rings (SSSR count). The highest BCUT2D eigenvalue weighted by molar-refractivity contribution is 7.89. The molecule has 0 aliphatic carbocycles. The summed E-state index contributed by atoms with van der Waals surface area (Å²) in [4.78, 5) is 7.01. The second-order valence-corrected chi connectivity index (χ2v) is 8.38. The van der Waals surface area contributed by atoms with Gasteiger partial charge in [-0.15, -0.1) is 0 Å². The Morgan fingerprint density at radius 2 is 1.77 bits per heavy atom. The van der Waals surface area contributed by atoms with Gasteiger partial charge in [-0.2, -0.15) is 9.40 Å². The van der Waals surface area contributed by atoms with Crippen molar-refractivity contribution >= 4 is 26.6 Å². The van der Waals surface area contributed by atoms with E-state index >= 15 is 0 Å². The van der Waals surface area contributed by atoms with Crippen molar-refractivity contribution < 1.29 is 8.42 Å². The van der Waals surface area contributed by atoms with Gasteiger partial charge in [0.05, 0.1) is 22.6 Å². The molecule has 2 aromatic heterocycles. The van der Waals surface area contributed by atoms with Crippen molar-refractivity contribution in [3.63, 3.8) is 0 Å². The minimum Gasteiger partial charge on any atom is -0.367 e. The number of nitrogens with zero attached hydrogens (tertiary/aromatic N) is 4. The number of benzene rings is 1. The maximum atomic E-state index is 13.0. The van der Waals surface area contributed by atoms with Gasteiger partial charge in [-0.25, -0.2) is 8.42 Å². The van der Waals surface area contributed by atoms with Crippen LogP contribution in [0.15, 0.2) is 41.4 Å². The molecule has 1 fully saturated rings. The molecule has 1 aromatic carbocycles. The number of nitrogens with one attached hydrogen (secondary N) is 1. The third-order valence-electron chi connectivity index (χ3n) is 4.85. The summed E-state index contributed by atoms with van der Waals surface area (Å²) in [5, 5.41) is 7.87. The summed E-state index contributed by atoms with van der Waals surface area (Å²) in [6, 6.07) is 10.1. The number of aromatic amines is 1. The van der Waals surface area contributed by atoms with Crippen molar-refractivity contribution in [3.8, 4) is 0 Å².